The minimum absolute atomic E-state index is 0.255. The van der Waals surface area contributed by atoms with Gasteiger partial charge >= 0.3 is 0 Å². The van der Waals surface area contributed by atoms with Crippen LogP contribution in [0.2, 0.25) is 0 Å². The van der Waals surface area contributed by atoms with E-state index in [-0.39, 0.29) is 11.5 Å². The molecule has 0 saturated carbocycles. The normalized spacial score (nSPS) is 19.3. The molecule has 0 amide bonds. The van der Waals surface area contributed by atoms with Crippen molar-refractivity contribution in [2.45, 2.75) is 13.1 Å². The Hall–Kier alpha value is -1.11. The highest BCUT2D eigenvalue weighted by Crippen LogP contribution is 2.21. The summed E-state index contributed by atoms with van der Waals surface area (Å²) in [6.45, 7) is 2.40. The number of nitrogens with two attached hydrogens (primary N) is 1. The molecule has 0 unspecified atom stereocenters. The number of hydrogen-bond donors (Lipinski definition) is 1. The molecule has 0 atom stereocenters. The van der Waals surface area contributed by atoms with Gasteiger partial charge in [0.05, 0.1) is 18.6 Å². The summed E-state index contributed by atoms with van der Waals surface area (Å²) in [6, 6.07) is 5.97. The van der Waals surface area contributed by atoms with Gasteiger partial charge in [-0.25, -0.2) is 8.42 Å². The molecule has 1 saturated heterocycles. The van der Waals surface area contributed by atoms with Crippen molar-refractivity contribution >= 4 is 9.84 Å². The van der Waals surface area contributed by atoms with Crippen molar-refractivity contribution in [2.75, 3.05) is 31.7 Å². The first-order valence-electron chi connectivity index (χ1n) is 6.33. The van der Waals surface area contributed by atoms with Gasteiger partial charge in [-0.2, -0.15) is 0 Å². The molecule has 19 heavy (non-hydrogen) atoms. The summed E-state index contributed by atoms with van der Waals surface area (Å²) in [4.78, 5) is 2.15. The molecule has 5 nitrogen and oxygen atoms in total. The van der Waals surface area contributed by atoms with E-state index in [1.165, 1.54) is 0 Å². The lowest BCUT2D eigenvalue weighted by Gasteiger charge is -2.26. The van der Waals surface area contributed by atoms with Crippen LogP contribution in [0.15, 0.2) is 18.2 Å². The van der Waals surface area contributed by atoms with Crippen LogP contribution in [0.3, 0.4) is 0 Å². The molecule has 1 aromatic carbocycles. The first-order chi connectivity index (χ1) is 9.04. The minimum Gasteiger partial charge on any atom is -0.496 e. The van der Waals surface area contributed by atoms with Gasteiger partial charge < -0.3 is 10.5 Å². The first-order valence-corrected chi connectivity index (χ1v) is 8.15. The number of methoxy groups -OCH3 is 1. The summed E-state index contributed by atoms with van der Waals surface area (Å²) in [5.74, 6) is 1.31. The molecule has 0 aromatic heterocycles. The van der Waals surface area contributed by atoms with Crippen LogP contribution in [0.4, 0.5) is 0 Å². The van der Waals surface area contributed by atoms with Gasteiger partial charge in [-0.15, -0.1) is 0 Å². The predicted molar refractivity (Wildman–Crippen MR) is 74.8 cm³/mol. The van der Waals surface area contributed by atoms with Crippen molar-refractivity contribution in [3.8, 4) is 5.75 Å². The van der Waals surface area contributed by atoms with E-state index in [0.29, 0.717) is 19.6 Å². The third kappa shape index (κ3) is 3.68. The number of rotatable bonds is 4. The van der Waals surface area contributed by atoms with Crippen LogP contribution in [-0.2, 0) is 22.9 Å². The summed E-state index contributed by atoms with van der Waals surface area (Å²) in [6.07, 6.45) is 0. The van der Waals surface area contributed by atoms with Crippen molar-refractivity contribution in [2.24, 2.45) is 5.73 Å². The molecule has 0 aliphatic carbocycles. The fourth-order valence-corrected chi connectivity index (χ4v) is 3.50. The van der Waals surface area contributed by atoms with E-state index in [1.807, 2.05) is 18.2 Å². The highest BCUT2D eigenvalue weighted by molar-refractivity contribution is 7.91. The van der Waals surface area contributed by atoms with E-state index in [2.05, 4.69) is 4.90 Å². The molecule has 0 spiro atoms. The van der Waals surface area contributed by atoms with E-state index >= 15 is 0 Å². The van der Waals surface area contributed by atoms with Crippen LogP contribution in [0.5, 0.6) is 5.75 Å². The number of hydrogen-bond acceptors (Lipinski definition) is 5. The van der Waals surface area contributed by atoms with E-state index < -0.39 is 9.84 Å². The Morgan fingerprint density at radius 3 is 2.58 bits per heavy atom. The van der Waals surface area contributed by atoms with Gasteiger partial charge in [-0.05, 0) is 11.6 Å². The van der Waals surface area contributed by atoms with Crippen LogP contribution in [0.25, 0.3) is 0 Å². The molecule has 1 aliphatic rings. The maximum absolute atomic E-state index is 11.4. The predicted octanol–water partition coefficient (Wildman–Crippen LogP) is 0.384. The second-order valence-electron chi connectivity index (χ2n) is 4.78. The maximum atomic E-state index is 11.4. The van der Waals surface area contributed by atoms with E-state index in [1.54, 1.807) is 7.11 Å². The molecule has 1 aromatic rings. The molecule has 2 rings (SSSR count). The largest absolute Gasteiger partial charge is 0.496 e. The van der Waals surface area contributed by atoms with Gasteiger partial charge in [0.1, 0.15) is 5.75 Å². The average Bonchev–Trinajstić information content (AvgIpc) is 2.41. The summed E-state index contributed by atoms with van der Waals surface area (Å²) < 4.78 is 28.0. The molecule has 1 fully saturated rings. The molecule has 6 heteroatoms. The zero-order chi connectivity index (χ0) is 13.9. The highest BCUT2D eigenvalue weighted by atomic mass is 32.2. The van der Waals surface area contributed by atoms with Crippen molar-refractivity contribution in [1.29, 1.82) is 0 Å². The molecule has 2 N–H and O–H groups in total. The Morgan fingerprint density at radius 2 is 2.00 bits per heavy atom. The van der Waals surface area contributed by atoms with Crippen molar-refractivity contribution in [3.05, 3.63) is 29.3 Å². The van der Waals surface area contributed by atoms with Gasteiger partial charge in [-0.1, -0.05) is 12.1 Å². The van der Waals surface area contributed by atoms with Crippen LogP contribution in [0.1, 0.15) is 11.1 Å². The van der Waals surface area contributed by atoms with Crippen molar-refractivity contribution in [3.63, 3.8) is 0 Å². The molecule has 1 aliphatic heterocycles. The lowest BCUT2D eigenvalue weighted by molar-refractivity contribution is 0.287. The van der Waals surface area contributed by atoms with E-state index in [9.17, 15) is 8.42 Å². The molecular formula is C13H20N2O3S. The minimum atomic E-state index is -2.81. The van der Waals surface area contributed by atoms with Gasteiger partial charge in [0.2, 0.25) is 0 Å². The molecule has 1 heterocycles. The Morgan fingerprint density at radius 1 is 1.32 bits per heavy atom. The number of ether oxygens (including phenoxy) is 1. The second kappa shape index (κ2) is 5.90. The van der Waals surface area contributed by atoms with Crippen LogP contribution in [-0.4, -0.2) is 45.0 Å². The quantitative estimate of drug-likeness (QED) is 0.865. The average molecular weight is 284 g/mol. The second-order valence-corrected chi connectivity index (χ2v) is 7.08. The molecule has 0 radical (unpaired) electrons. The van der Waals surface area contributed by atoms with E-state index in [4.69, 9.17) is 10.5 Å². The lowest BCUT2D eigenvalue weighted by Crippen LogP contribution is -2.39. The van der Waals surface area contributed by atoms with Crippen LogP contribution < -0.4 is 10.5 Å². The standard InChI is InChI=1S/C13H20N2O3S/c1-18-13-8-11(2-3-12(13)9-14)10-15-4-6-19(16,17)7-5-15/h2-3,8H,4-7,9-10,14H2,1H3. The lowest BCUT2D eigenvalue weighted by atomic mass is 10.1. The summed E-state index contributed by atoms with van der Waals surface area (Å²) in [5, 5.41) is 0. The van der Waals surface area contributed by atoms with Crippen molar-refractivity contribution < 1.29 is 13.2 Å². The summed E-state index contributed by atoms with van der Waals surface area (Å²) in [5.41, 5.74) is 7.73. The Labute approximate surface area is 114 Å². The Kier molecular flexibility index (Phi) is 4.44. The zero-order valence-corrected chi connectivity index (χ0v) is 11.9. The third-order valence-corrected chi connectivity index (χ3v) is 5.02. The highest BCUT2D eigenvalue weighted by Gasteiger charge is 2.21. The Balaban J connectivity index is 2.04. The topological polar surface area (TPSA) is 72.6 Å². The maximum Gasteiger partial charge on any atom is 0.152 e. The molecule has 0 bridgehead atoms. The van der Waals surface area contributed by atoms with Gasteiger partial charge in [0.25, 0.3) is 0 Å². The molecule has 106 valence electrons. The monoisotopic (exact) mass is 284 g/mol. The fraction of sp³-hybridized carbons (Fsp3) is 0.538. The fourth-order valence-electron chi connectivity index (χ4n) is 2.22. The van der Waals surface area contributed by atoms with Gasteiger partial charge in [0.15, 0.2) is 9.84 Å². The summed E-state index contributed by atoms with van der Waals surface area (Å²) in [7, 11) is -1.18. The number of nitrogens with zero attached hydrogens (tertiary/aromatic N) is 1. The molecular weight excluding hydrogens is 264 g/mol. The number of benzene rings is 1. The van der Waals surface area contributed by atoms with Crippen LogP contribution in [0, 0.1) is 0 Å². The van der Waals surface area contributed by atoms with Gasteiger partial charge in [0, 0.05) is 31.7 Å². The van der Waals surface area contributed by atoms with Crippen LogP contribution >= 0.6 is 0 Å². The van der Waals surface area contributed by atoms with E-state index in [0.717, 1.165) is 23.4 Å². The zero-order valence-electron chi connectivity index (χ0n) is 11.1. The smallest absolute Gasteiger partial charge is 0.152 e. The SMILES string of the molecule is COc1cc(CN2CCS(=O)(=O)CC2)ccc1CN. The first kappa shape index (κ1) is 14.3. The number of sulfone groups is 1. The third-order valence-electron chi connectivity index (χ3n) is 3.41. The van der Waals surface area contributed by atoms with Gasteiger partial charge in [-0.3, -0.25) is 4.90 Å². The Bertz CT molecular complexity index is 529. The summed E-state index contributed by atoms with van der Waals surface area (Å²) >= 11 is 0. The van der Waals surface area contributed by atoms with Crippen molar-refractivity contribution in [1.82, 2.24) is 4.90 Å².